The molecule has 1 aliphatic rings. The molecule has 1 atom stereocenters. The Morgan fingerprint density at radius 3 is 2.37 bits per heavy atom. The number of hydrogen-bond acceptors (Lipinski definition) is 9. The van der Waals surface area contributed by atoms with Gasteiger partial charge in [-0.25, -0.2) is 4.98 Å². The van der Waals surface area contributed by atoms with Crippen LogP contribution in [-0.4, -0.2) is 62.1 Å². The highest BCUT2D eigenvalue weighted by Crippen LogP contribution is 2.36. The lowest BCUT2D eigenvalue weighted by Gasteiger charge is -2.26. The van der Waals surface area contributed by atoms with Gasteiger partial charge in [0.2, 0.25) is 6.10 Å². The van der Waals surface area contributed by atoms with Crippen molar-refractivity contribution < 1.29 is 23.8 Å². The van der Waals surface area contributed by atoms with Crippen LogP contribution in [0.15, 0.2) is 60.7 Å². The van der Waals surface area contributed by atoms with Gasteiger partial charge in [0.25, 0.3) is 11.8 Å². The van der Waals surface area contributed by atoms with E-state index >= 15 is 0 Å². The summed E-state index contributed by atoms with van der Waals surface area (Å²) in [6.45, 7) is 3.56. The van der Waals surface area contributed by atoms with Crippen molar-refractivity contribution in [2.24, 2.45) is 0 Å². The van der Waals surface area contributed by atoms with Crippen LogP contribution in [0.1, 0.15) is 46.9 Å². The number of benzene rings is 3. The molecule has 0 spiro atoms. The first-order valence-corrected chi connectivity index (χ1v) is 14.9. The molecule has 2 N–H and O–H groups in total. The Morgan fingerprint density at radius 1 is 1.00 bits per heavy atom. The SMILES string of the molecule is COc1cc2nc(NC(=O)C(Oc3ccc(C#N)cc3)c3ccc(C(=O)NCCN4CCCCC4)cc3)sc2cc1OC. The lowest BCUT2D eigenvalue weighted by Crippen LogP contribution is -2.37. The monoisotopic (exact) mass is 599 g/mol. The lowest BCUT2D eigenvalue weighted by atomic mass is 10.1. The van der Waals surface area contributed by atoms with Gasteiger partial charge in [-0.15, -0.1) is 0 Å². The van der Waals surface area contributed by atoms with E-state index in [-0.39, 0.29) is 5.91 Å². The number of ether oxygens (including phenoxy) is 3. The molecule has 0 radical (unpaired) electrons. The standard InChI is InChI=1S/C32H33N5O5S/c1-40-26-18-25-28(19-27(26)41-2)43-32(35-25)36-31(39)29(42-24-12-6-21(20-33)7-13-24)22-8-10-23(11-9-22)30(38)34-14-17-37-15-4-3-5-16-37/h6-13,18-19,29H,3-5,14-17H2,1-2H3,(H,34,38)(H,35,36,39). The van der Waals surface area contributed by atoms with E-state index in [9.17, 15) is 9.59 Å². The molecule has 0 bridgehead atoms. The Labute approximate surface area is 254 Å². The summed E-state index contributed by atoms with van der Waals surface area (Å²) in [5.41, 5.74) is 2.17. The predicted octanol–water partition coefficient (Wildman–Crippen LogP) is 5.16. The maximum atomic E-state index is 13.6. The molecule has 43 heavy (non-hydrogen) atoms. The third-order valence-corrected chi connectivity index (χ3v) is 8.17. The van der Waals surface area contributed by atoms with Gasteiger partial charge in [0.15, 0.2) is 16.6 Å². The summed E-state index contributed by atoms with van der Waals surface area (Å²) in [5.74, 6) is 0.904. The molecule has 0 saturated carbocycles. The number of methoxy groups -OCH3 is 2. The number of nitrogens with zero attached hydrogens (tertiary/aromatic N) is 3. The number of nitrogens with one attached hydrogen (secondary N) is 2. The minimum absolute atomic E-state index is 0.169. The van der Waals surface area contributed by atoms with E-state index in [1.54, 1.807) is 68.8 Å². The van der Waals surface area contributed by atoms with Crippen molar-refractivity contribution in [1.29, 1.82) is 5.26 Å². The first-order valence-electron chi connectivity index (χ1n) is 14.1. The zero-order chi connectivity index (χ0) is 30.2. The second-order valence-corrected chi connectivity index (χ2v) is 11.1. The summed E-state index contributed by atoms with van der Waals surface area (Å²) in [7, 11) is 3.11. The molecule has 3 aromatic carbocycles. The average Bonchev–Trinajstić information content (AvgIpc) is 3.44. The summed E-state index contributed by atoms with van der Waals surface area (Å²) in [6.07, 6.45) is 2.63. The number of amides is 2. The van der Waals surface area contributed by atoms with Crippen LogP contribution in [0.3, 0.4) is 0 Å². The van der Waals surface area contributed by atoms with E-state index in [1.807, 2.05) is 6.07 Å². The Morgan fingerprint density at radius 2 is 1.70 bits per heavy atom. The molecular weight excluding hydrogens is 566 g/mol. The van der Waals surface area contributed by atoms with Crippen molar-refractivity contribution in [3.63, 3.8) is 0 Å². The van der Waals surface area contributed by atoms with Gasteiger partial charge < -0.3 is 24.4 Å². The van der Waals surface area contributed by atoms with Crippen molar-refractivity contribution in [3.05, 3.63) is 77.4 Å². The maximum Gasteiger partial charge on any atom is 0.271 e. The number of carbonyl (C=O) groups excluding carboxylic acids is 2. The van der Waals surface area contributed by atoms with Gasteiger partial charge >= 0.3 is 0 Å². The first kappa shape index (κ1) is 29.8. The van der Waals surface area contributed by atoms with Crippen LogP contribution < -0.4 is 24.8 Å². The van der Waals surface area contributed by atoms with Gasteiger partial charge in [-0.3, -0.25) is 14.9 Å². The molecule has 10 nitrogen and oxygen atoms in total. The van der Waals surface area contributed by atoms with E-state index in [0.29, 0.717) is 51.1 Å². The largest absolute Gasteiger partial charge is 0.493 e. The summed E-state index contributed by atoms with van der Waals surface area (Å²) in [5, 5.41) is 15.4. The van der Waals surface area contributed by atoms with Gasteiger partial charge in [0, 0.05) is 36.3 Å². The Kier molecular flexibility index (Phi) is 9.71. The minimum Gasteiger partial charge on any atom is -0.493 e. The summed E-state index contributed by atoms with van der Waals surface area (Å²) in [4.78, 5) is 33.3. The molecule has 2 heterocycles. The van der Waals surface area contributed by atoms with Gasteiger partial charge in [-0.2, -0.15) is 5.26 Å². The number of likely N-dealkylation sites (tertiary alicyclic amines) is 1. The van der Waals surface area contributed by atoms with Crippen molar-refractivity contribution in [3.8, 4) is 23.3 Å². The third-order valence-electron chi connectivity index (χ3n) is 7.24. The number of hydrogen-bond donors (Lipinski definition) is 2. The fourth-order valence-electron chi connectivity index (χ4n) is 4.92. The second-order valence-electron chi connectivity index (χ2n) is 10.1. The molecule has 1 saturated heterocycles. The molecule has 0 aliphatic carbocycles. The molecular formula is C32H33N5O5S. The van der Waals surface area contributed by atoms with Crippen LogP contribution in [0.2, 0.25) is 0 Å². The summed E-state index contributed by atoms with van der Waals surface area (Å²) < 4.78 is 17.7. The molecule has 1 aliphatic heterocycles. The van der Waals surface area contributed by atoms with E-state index in [4.69, 9.17) is 19.5 Å². The van der Waals surface area contributed by atoms with E-state index in [1.165, 1.54) is 30.6 Å². The maximum absolute atomic E-state index is 13.6. The van der Waals surface area contributed by atoms with Crippen LogP contribution in [-0.2, 0) is 4.79 Å². The van der Waals surface area contributed by atoms with Gasteiger partial charge in [0.05, 0.1) is 36.1 Å². The van der Waals surface area contributed by atoms with Gasteiger partial charge in [-0.1, -0.05) is 29.9 Å². The van der Waals surface area contributed by atoms with Crippen LogP contribution in [0.25, 0.3) is 10.2 Å². The number of fused-ring (bicyclic) bond motifs is 1. The molecule has 222 valence electrons. The van der Waals surface area contributed by atoms with Crippen molar-refractivity contribution >= 4 is 38.5 Å². The Bertz CT molecular complexity index is 1570. The zero-order valence-electron chi connectivity index (χ0n) is 24.1. The first-order chi connectivity index (χ1) is 21.0. The Hall–Kier alpha value is -4.66. The molecule has 1 aromatic heterocycles. The number of piperidine rings is 1. The van der Waals surface area contributed by atoms with Gasteiger partial charge in [0.1, 0.15) is 5.75 Å². The van der Waals surface area contributed by atoms with Crippen LogP contribution in [0.4, 0.5) is 5.13 Å². The fraction of sp³-hybridized carbons (Fsp3) is 0.312. The van der Waals surface area contributed by atoms with Crippen molar-refractivity contribution in [1.82, 2.24) is 15.2 Å². The van der Waals surface area contributed by atoms with E-state index in [2.05, 4.69) is 26.6 Å². The number of carbonyl (C=O) groups is 2. The number of rotatable bonds is 11. The molecule has 1 unspecified atom stereocenters. The number of nitriles is 1. The van der Waals surface area contributed by atoms with Crippen molar-refractivity contribution in [2.75, 3.05) is 45.7 Å². The lowest BCUT2D eigenvalue weighted by molar-refractivity contribution is -0.123. The zero-order valence-corrected chi connectivity index (χ0v) is 24.9. The number of anilines is 1. The van der Waals surface area contributed by atoms with Crippen LogP contribution >= 0.6 is 11.3 Å². The van der Waals surface area contributed by atoms with Crippen LogP contribution in [0.5, 0.6) is 17.2 Å². The van der Waals surface area contributed by atoms with Crippen molar-refractivity contribution in [2.45, 2.75) is 25.4 Å². The average molecular weight is 600 g/mol. The highest BCUT2D eigenvalue weighted by molar-refractivity contribution is 7.22. The van der Waals surface area contributed by atoms with Crippen LogP contribution in [0, 0.1) is 11.3 Å². The normalized spacial score (nSPS) is 14.0. The molecule has 5 rings (SSSR count). The smallest absolute Gasteiger partial charge is 0.271 e. The highest BCUT2D eigenvalue weighted by Gasteiger charge is 2.25. The van der Waals surface area contributed by atoms with E-state index < -0.39 is 12.0 Å². The quantitative estimate of drug-likeness (QED) is 0.242. The second kappa shape index (κ2) is 14.0. The third kappa shape index (κ3) is 7.41. The molecule has 4 aromatic rings. The summed E-state index contributed by atoms with van der Waals surface area (Å²) >= 11 is 1.30. The predicted molar refractivity (Wildman–Crippen MR) is 165 cm³/mol. The molecule has 2 amide bonds. The molecule has 11 heteroatoms. The number of thiazole rings is 1. The minimum atomic E-state index is -1.06. The fourth-order valence-corrected chi connectivity index (χ4v) is 5.80. The Balaban J connectivity index is 1.32. The summed E-state index contributed by atoms with van der Waals surface area (Å²) in [6, 6.07) is 18.9. The van der Waals surface area contributed by atoms with Gasteiger partial charge in [-0.05, 0) is 62.3 Å². The van der Waals surface area contributed by atoms with E-state index in [0.717, 1.165) is 24.3 Å². The number of aromatic nitrogens is 1. The molecule has 1 fully saturated rings. The topological polar surface area (TPSA) is 126 Å². The highest BCUT2D eigenvalue weighted by atomic mass is 32.1.